The van der Waals surface area contributed by atoms with E-state index in [1.54, 1.807) is 14.1 Å². The van der Waals surface area contributed by atoms with Gasteiger partial charge in [-0.05, 0) is 5.92 Å². The van der Waals surface area contributed by atoms with Crippen LogP contribution >= 0.6 is 0 Å². The monoisotopic (exact) mass is 145 g/mol. The number of rotatable bonds is 0. The summed E-state index contributed by atoms with van der Waals surface area (Å²) in [5, 5.41) is 0. The predicted molar refractivity (Wildman–Crippen MR) is 44.9 cm³/mol. The molecule has 1 amide bonds. The van der Waals surface area contributed by atoms with Gasteiger partial charge < -0.3 is 4.90 Å². The standard InChI is InChI=1S/C4H9NO.C4H10/c1-4(6)5(2)3;1-4(2)3/h1-3H3;4H,1-3H3. The Hall–Kier alpha value is -0.530. The van der Waals surface area contributed by atoms with Crippen LogP contribution in [0.15, 0.2) is 0 Å². The third-order valence-electron chi connectivity index (χ3n) is 0.630. The zero-order valence-electron chi connectivity index (χ0n) is 7.93. The highest BCUT2D eigenvalue weighted by Crippen LogP contribution is 1.81. The summed E-state index contributed by atoms with van der Waals surface area (Å²) in [6.45, 7) is 8.03. The molecule has 0 aliphatic rings. The number of amides is 1. The van der Waals surface area contributed by atoms with Gasteiger partial charge in [0, 0.05) is 21.0 Å². The summed E-state index contributed by atoms with van der Waals surface area (Å²) in [4.78, 5) is 11.6. The molecule has 0 atom stereocenters. The van der Waals surface area contributed by atoms with Crippen LogP contribution in [0.4, 0.5) is 0 Å². The summed E-state index contributed by atoms with van der Waals surface area (Å²) in [6.07, 6.45) is 0. The molecule has 0 aromatic heterocycles. The van der Waals surface area contributed by atoms with Crippen molar-refractivity contribution in [3.05, 3.63) is 0 Å². The van der Waals surface area contributed by atoms with Gasteiger partial charge in [0.1, 0.15) is 0 Å². The van der Waals surface area contributed by atoms with Gasteiger partial charge in [-0.2, -0.15) is 0 Å². The largest absolute Gasteiger partial charge is 0.349 e. The van der Waals surface area contributed by atoms with Gasteiger partial charge >= 0.3 is 0 Å². The van der Waals surface area contributed by atoms with Gasteiger partial charge in [0.25, 0.3) is 0 Å². The van der Waals surface area contributed by atoms with Crippen molar-refractivity contribution in [1.82, 2.24) is 4.90 Å². The number of hydrogen-bond donors (Lipinski definition) is 0. The Morgan fingerprint density at radius 3 is 1.30 bits per heavy atom. The van der Waals surface area contributed by atoms with E-state index < -0.39 is 0 Å². The average Bonchev–Trinajstić information content (AvgIpc) is 1.63. The van der Waals surface area contributed by atoms with Crippen molar-refractivity contribution in [1.29, 1.82) is 0 Å². The Morgan fingerprint density at radius 2 is 1.30 bits per heavy atom. The van der Waals surface area contributed by atoms with Crippen LogP contribution in [0, 0.1) is 5.92 Å². The molecule has 2 nitrogen and oxygen atoms in total. The fourth-order valence-electron chi connectivity index (χ4n) is 0. The first-order chi connectivity index (χ1) is 4.37. The zero-order chi connectivity index (χ0) is 8.73. The Bertz CT molecular complexity index is 84.5. The molecule has 0 aliphatic carbocycles. The van der Waals surface area contributed by atoms with E-state index in [0.717, 1.165) is 5.92 Å². The molecule has 0 aromatic rings. The van der Waals surface area contributed by atoms with Crippen LogP contribution in [0.2, 0.25) is 0 Å². The second-order valence-corrected chi connectivity index (χ2v) is 3.15. The van der Waals surface area contributed by atoms with Crippen molar-refractivity contribution in [2.45, 2.75) is 27.7 Å². The van der Waals surface area contributed by atoms with Gasteiger partial charge in [0.05, 0.1) is 0 Å². The molecule has 0 aromatic carbocycles. The molecule has 0 rings (SSSR count). The zero-order valence-corrected chi connectivity index (χ0v) is 7.93. The molecule has 62 valence electrons. The second-order valence-electron chi connectivity index (χ2n) is 3.15. The molecular weight excluding hydrogens is 126 g/mol. The van der Waals surface area contributed by atoms with Gasteiger partial charge in [0.2, 0.25) is 5.91 Å². The van der Waals surface area contributed by atoms with Crippen LogP contribution in [0.5, 0.6) is 0 Å². The summed E-state index contributed by atoms with van der Waals surface area (Å²) in [6, 6.07) is 0. The summed E-state index contributed by atoms with van der Waals surface area (Å²) >= 11 is 0. The molecule has 2 heteroatoms. The van der Waals surface area contributed by atoms with Crippen LogP contribution < -0.4 is 0 Å². The van der Waals surface area contributed by atoms with Crippen LogP contribution in [0.3, 0.4) is 0 Å². The van der Waals surface area contributed by atoms with Crippen molar-refractivity contribution in [2.24, 2.45) is 5.92 Å². The summed E-state index contributed by atoms with van der Waals surface area (Å²) < 4.78 is 0. The van der Waals surface area contributed by atoms with Gasteiger partial charge in [-0.1, -0.05) is 20.8 Å². The summed E-state index contributed by atoms with van der Waals surface area (Å²) in [7, 11) is 3.45. The van der Waals surface area contributed by atoms with Crippen molar-refractivity contribution >= 4 is 5.91 Å². The minimum absolute atomic E-state index is 0.0926. The van der Waals surface area contributed by atoms with Gasteiger partial charge in [-0.15, -0.1) is 0 Å². The van der Waals surface area contributed by atoms with Crippen molar-refractivity contribution in [2.75, 3.05) is 14.1 Å². The van der Waals surface area contributed by atoms with Crippen LogP contribution in [0.25, 0.3) is 0 Å². The lowest BCUT2D eigenvalue weighted by atomic mass is 10.3. The third-order valence-corrected chi connectivity index (χ3v) is 0.630. The highest BCUT2D eigenvalue weighted by atomic mass is 16.2. The number of carbonyl (C=O) groups excluding carboxylic acids is 1. The quantitative estimate of drug-likeness (QED) is 0.508. The van der Waals surface area contributed by atoms with Crippen LogP contribution in [0.1, 0.15) is 27.7 Å². The SMILES string of the molecule is CC(=O)N(C)C.CC(C)C. The molecule has 0 N–H and O–H groups in total. The van der Waals surface area contributed by atoms with Crippen molar-refractivity contribution < 1.29 is 4.79 Å². The summed E-state index contributed by atoms with van der Waals surface area (Å²) in [5.41, 5.74) is 0. The summed E-state index contributed by atoms with van der Waals surface area (Å²) in [5.74, 6) is 0.926. The van der Waals surface area contributed by atoms with Gasteiger partial charge in [0.15, 0.2) is 0 Å². The number of hydrogen-bond acceptors (Lipinski definition) is 1. The lowest BCUT2D eigenvalue weighted by Crippen LogP contribution is -2.17. The van der Waals surface area contributed by atoms with E-state index in [2.05, 4.69) is 20.8 Å². The van der Waals surface area contributed by atoms with Crippen LogP contribution in [-0.2, 0) is 4.79 Å². The molecule has 0 spiro atoms. The molecule has 0 bridgehead atoms. The highest BCUT2D eigenvalue weighted by Gasteiger charge is 1.87. The minimum atomic E-state index is 0.0926. The van der Waals surface area contributed by atoms with E-state index in [9.17, 15) is 4.79 Å². The maximum Gasteiger partial charge on any atom is 0.218 e. The lowest BCUT2D eigenvalue weighted by molar-refractivity contribution is -0.126. The maximum absolute atomic E-state index is 10.1. The first kappa shape index (κ1) is 12.2. The molecular formula is C8H19NO. The maximum atomic E-state index is 10.1. The lowest BCUT2D eigenvalue weighted by Gasteiger charge is -2.02. The predicted octanol–water partition coefficient (Wildman–Crippen LogP) is 1.76. The topological polar surface area (TPSA) is 20.3 Å². The normalized spacial score (nSPS) is 8.30. The first-order valence-corrected chi connectivity index (χ1v) is 3.55. The second kappa shape index (κ2) is 6.59. The van der Waals surface area contributed by atoms with E-state index in [0.29, 0.717) is 0 Å². The molecule has 0 unspecified atom stereocenters. The molecule has 0 saturated carbocycles. The van der Waals surface area contributed by atoms with E-state index in [1.807, 2.05) is 0 Å². The smallest absolute Gasteiger partial charge is 0.218 e. The van der Waals surface area contributed by atoms with E-state index in [1.165, 1.54) is 11.8 Å². The van der Waals surface area contributed by atoms with Crippen molar-refractivity contribution in [3.63, 3.8) is 0 Å². The molecule has 0 heterocycles. The Morgan fingerprint density at radius 1 is 1.20 bits per heavy atom. The average molecular weight is 145 g/mol. The highest BCUT2D eigenvalue weighted by molar-refractivity contribution is 5.72. The minimum Gasteiger partial charge on any atom is -0.349 e. The van der Waals surface area contributed by atoms with Gasteiger partial charge in [-0.25, -0.2) is 0 Å². The number of carbonyl (C=O) groups is 1. The Balaban J connectivity index is 0. The Labute approximate surface area is 64.2 Å². The molecule has 0 saturated heterocycles. The fourth-order valence-corrected chi connectivity index (χ4v) is 0. The number of nitrogens with zero attached hydrogens (tertiary/aromatic N) is 1. The van der Waals surface area contributed by atoms with Crippen molar-refractivity contribution in [3.8, 4) is 0 Å². The Kier molecular flexibility index (Phi) is 8.02. The molecule has 0 aliphatic heterocycles. The van der Waals surface area contributed by atoms with E-state index >= 15 is 0 Å². The van der Waals surface area contributed by atoms with Gasteiger partial charge in [-0.3, -0.25) is 4.79 Å². The van der Waals surface area contributed by atoms with E-state index in [-0.39, 0.29) is 5.91 Å². The van der Waals surface area contributed by atoms with Crippen LogP contribution in [-0.4, -0.2) is 24.9 Å². The molecule has 0 fully saturated rings. The molecule has 0 radical (unpaired) electrons. The third kappa shape index (κ3) is 26.0. The molecule has 10 heavy (non-hydrogen) atoms. The first-order valence-electron chi connectivity index (χ1n) is 3.55. The van der Waals surface area contributed by atoms with E-state index in [4.69, 9.17) is 0 Å². The fraction of sp³-hybridized carbons (Fsp3) is 0.875.